The highest BCUT2D eigenvalue weighted by Gasteiger charge is 2.37. The number of aromatic nitrogens is 5. The van der Waals surface area contributed by atoms with E-state index in [9.17, 15) is 36.7 Å². The van der Waals surface area contributed by atoms with Crippen LogP contribution < -0.4 is 11.5 Å². The van der Waals surface area contributed by atoms with Crippen molar-refractivity contribution in [2.24, 2.45) is 0 Å². The molecule has 8 aromatic heterocycles. The molecule has 0 radical (unpaired) electrons. The maximum atomic E-state index is 13.6. The van der Waals surface area contributed by atoms with Gasteiger partial charge in [0.25, 0.3) is 23.7 Å². The third-order valence-electron chi connectivity index (χ3n) is 16.9. The molecular weight excluding hydrogens is 1230 g/mol. The number of amides is 2. The SMILES string of the molecule is C.Nc1ccc(/C=C/C(=O)CCc2cc3cc(-c4ccc(C(=O)N5CCC(F)(F)CC5)cn4)cc(-c4cc5ccccc5o4)c3o2)cn1.Nc1ccc(/C=C/C(=O)CCc2cc3cc(-c4ccc(C(=O)N5CCC(F)(F)CC5)cn4)cc(-c4ccc5cnccc5c4)c3o2)cn1. The first kappa shape index (κ1) is 64.7. The van der Waals surface area contributed by atoms with Gasteiger partial charge in [0, 0.05) is 153 Å². The average Bonchev–Trinajstić information content (AvgIpc) is 1.56. The van der Waals surface area contributed by atoms with Gasteiger partial charge >= 0.3 is 0 Å². The molecule has 2 saturated heterocycles. The summed E-state index contributed by atoms with van der Waals surface area (Å²) in [5, 5.41) is 4.63. The highest BCUT2D eigenvalue weighted by molar-refractivity contribution is 6.01. The first-order chi connectivity index (χ1) is 45.9. The molecule has 2 fully saturated rings. The minimum absolute atomic E-state index is 0. The van der Waals surface area contributed by atoms with E-state index >= 15 is 0 Å². The number of rotatable bonds is 16. The van der Waals surface area contributed by atoms with E-state index in [-0.39, 0.29) is 95.5 Å². The molecule has 0 bridgehead atoms. The molecule has 484 valence electrons. The quantitative estimate of drug-likeness (QED) is 0.0677. The Morgan fingerprint density at radius 2 is 0.990 bits per heavy atom. The number of anilines is 2. The Bertz CT molecular complexity index is 4870. The third kappa shape index (κ3) is 15.0. The van der Waals surface area contributed by atoms with Crippen LogP contribution in [0.5, 0.6) is 0 Å². The van der Waals surface area contributed by atoms with Crippen LogP contribution in [0.3, 0.4) is 0 Å². The first-order valence-corrected chi connectivity index (χ1v) is 31.0. The molecule has 12 aromatic rings. The van der Waals surface area contributed by atoms with Crippen LogP contribution in [-0.4, -0.2) is 96.1 Å². The van der Waals surface area contributed by atoms with Crippen molar-refractivity contribution in [2.75, 3.05) is 37.6 Å². The zero-order valence-electron chi connectivity index (χ0n) is 51.2. The van der Waals surface area contributed by atoms with Crippen LogP contribution in [0.2, 0.25) is 0 Å². The Morgan fingerprint density at radius 3 is 1.49 bits per heavy atom. The van der Waals surface area contributed by atoms with Crippen LogP contribution in [0.1, 0.15) is 89.3 Å². The van der Waals surface area contributed by atoms with Gasteiger partial charge in [-0.1, -0.05) is 37.8 Å². The number of nitrogens with zero attached hydrogens (tertiary/aromatic N) is 7. The zero-order valence-corrected chi connectivity index (χ0v) is 51.2. The van der Waals surface area contributed by atoms with Gasteiger partial charge in [0.15, 0.2) is 11.6 Å². The second-order valence-corrected chi connectivity index (χ2v) is 23.7. The molecule has 4 aromatic carbocycles. The summed E-state index contributed by atoms with van der Waals surface area (Å²) in [4.78, 5) is 75.7. The molecule has 16 nitrogen and oxygen atoms in total. The summed E-state index contributed by atoms with van der Waals surface area (Å²) in [5.41, 5.74) is 20.9. The molecule has 0 aliphatic carbocycles. The summed E-state index contributed by atoms with van der Waals surface area (Å²) in [5.74, 6) is -3.42. The van der Waals surface area contributed by atoms with Gasteiger partial charge in [-0.2, -0.15) is 0 Å². The number of furan rings is 3. The summed E-state index contributed by atoms with van der Waals surface area (Å²) in [6.07, 6.45) is 16.2. The number of likely N-dealkylation sites (tertiary alicyclic amines) is 2. The largest absolute Gasteiger partial charge is 0.460 e. The molecule has 2 aliphatic heterocycles. The molecule has 2 aliphatic rings. The van der Waals surface area contributed by atoms with E-state index in [1.54, 1.807) is 79.3 Å². The van der Waals surface area contributed by atoms with Gasteiger partial charge in [0.1, 0.15) is 45.7 Å². The van der Waals surface area contributed by atoms with Gasteiger partial charge in [-0.3, -0.25) is 34.1 Å². The van der Waals surface area contributed by atoms with Crippen molar-refractivity contribution in [3.63, 3.8) is 0 Å². The van der Waals surface area contributed by atoms with Crippen LogP contribution in [0, 0.1) is 0 Å². The molecule has 0 spiro atoms. The number of aryl methyl sites for hydroxylation is 2. The minimum Gasteiger partial charge on any atom is -0.460 e. The van der Waals surface area contributed by atoms with Gasteiger partial charge in [-0.25, -0.2) is 27.5 Å². The van der Waals surface area contributed by atoms with Crippen LogP contribution in [-0.2, 0) is 22.4 Å². The van der Waals surface area contributed by atoms with Crippen LogP contribution >= 0.6 is 0 Å². The van der Waals surface area contributed by atoms with Crippen molar-refractivity contribution < 1.29 is 50.0 Å². The average molecular weight is 1290 g/mol. The van der Waals surface area contributed by atoms with Gasteiger partial charge in [0.2, 0.25) is 0 Å². The monoisotopic (exact) mass is 1290 g/mol. The fourth-order valence-electron chi connectivity index (χ4n) is 11.6. The molecule has 4 N–H and O–H groups in total. The Hall–Kier alpha value is -11.4. The molecule has 2 amide bonds. The Balaban J connectivity index is 0.000000182. The number of carbonyl (C=O) groups is 4. The maximum Gasteiger partial charge on any atom is 0.255 e. The fraction of sp³-hybridized carbons (Fsp3) is 0.197. The number of allylic oxidation sites excluding steroid dienone is 2. The van der Waals surface area contributed by atoms with E-state index in [1.807, 2.05) is 91.1 Å². The summed E-state index contributed by atoms with van der Waals surface area (Å²) >= 11 is 0. The number of halogens is 4. The van der Waals surface area contributed by atoms with Crippen molar-refractivity contribution in [1.29, 1.82) is 0 Å². The lowest BCUT2D eigenvalue weighted by atomic mass is 9.97. The number of piperidine rings is 2. The lowest BCUT2D eigenvalue weighted by molar-refractivity contribution is -0.115. The standard InChI is InChI=1S/C38H31F2N5O3.C37H30F2N4O4.CH4/c39-38(40)12-15-45(16-13-38)37(47)28-5-9-34(43-23-28)29-18-30-19-32(8-7-31(46)6-1-24-2-10-35(41)44-21-24)48-36(30)33(20-29)26-3-4-27-22-42-14-11-25(27)17-26;38-37(39)13-15-43(16-14-37)36(45)25-7-11-31(41-22-25)26-17-27-18-29(10-9-28(44)8-5-23-6-12-34(40)42-21-23)46-35(27)30(19-26)33-20-24-3-1-2-4-32(24)47-33;/h1-6,9-11,14,17-23H,7-8,12-13,15-16H2,(H2,41,44);1-8,11-12,17-22H,9-10,13-16H2,(H2,40,42);1H4/b6-1+;8-5+;. The lowest BCUT2D eigenvalue weighted by Crippen LogP contribution is -2.42. The maximum absolute atomic E-state index is 13.6. The van der Waals surface area contributed by atoms with Crippen molar-refractivity contribution in [2.45, 2.75) is 70.6 Å². The normalized spacial score (nSPS) is 14.5. The molecule has 14 rings (SSSR count). The number of carbonyl (C=O) groups excluding carboxylic acids is 4. The van der Waals surface area contributed by atoms with E-state index in [1.165, 1.54) is 34.3 Å². The fourth-order valence-corrected chi connectivity index (χ4v) is 11.6. The summed E-state index contributed by atoms with van der Waals surface area (Å²) in [7, 11) is 0. The molecule has 0 atom stereocenters. The van der Waals surface area contributed by atoms with Crippen molar-refractivity contribution in [3.8, 4) is 45.0 Å². The van der Waals surface area contributed by atoms with Gasteiger partial charge in [-0.15, -0.1) is 0 Å². The number of nitrogens with two attached hydrogens (primary N) is 2. The highest BCUT2D eigenvalue weighted by atomic mass is 19.3. The van der Waals surface area contributed by atoms with Crippen molar-refractivity contribution >= 4 is 90.8 Å². The smallest absolute Gasteiger partial charge is 0.255 e. The number of nitrogen functional groups attached to an aromatic ring is 2. The summed E-state index contributed by atoms with van der Waals surface area (Å²) in [6.45, 7) is 0.0478. The number of pyridine rings is 5. The van der Waals surface area contributed by atoms with Gasteiger partial charge < -0.3 is 34.5 Å². The highest BCUT2D eigenvalue weighted by Crippen LogP contribution is 2.40. The Kier molecular flexibility index (Phi) is 18.6. The second-order valence-electron chi connectivity index (χ2n) is 23.7. The minimum atomic E-state index is -2.73. The first-order valence-electron chi connectivity index (χ1n) is 31.0. The predicted octanol–water partition coefficient (Wildman–Crippen LogP) is 16.4. The van der Waals surface area contributed by atoms with Gasteiger partial charge in [-0.05, 0) is 156 Å². The van der Waals surface area contributed by atoms with E-state index in [2.05, 4.69) is 31.0 Å². The Labute approximate surface area is 549 Å². The van der Waals surface area contributed by atoms with Crippen molar-refractivity contribution in [3.05, 3.63) is 223 Å². The number of benzene rings is 4. The third-order valence-corrected chi connectivity index (χ3v) is 16.9. The molecule has 10 heterocycles. The molecule has 0 saturated carbocycles. The summed E-state index contributed by atoms with van der Waals surface area (Å²) < 4.78 is 73.4. The number of para-hydroxylation sites is 1. The predicted molar refractivity (Wildman–Crippen MR) is 364 cm³/mol. The summed E-state index contributed by atoms with van der Waals surface area (Å²) in [6, 6.07) is 43.3. The van der Waals surface area contributed by atoms with E-state index < -0.39 is 11.8 Å². The number of ketones is 2. The van der Waals surface area contributed by atoms with E-state index in [0.717, 1.165) is 71.5 Å². The van der Waals surface area contributed by atoms with E-state index in [0.29, 0.717) is 75.4 Å². The topological polar surface area (TPSA) is 231 Å². The second kappa shape index (κ2) is 27.7. The zero-order chi connectivity index (χ0) is 65.8. The number of hydrogen-bond acceptors (Lipinski definition) is 14. The molecule has 96 heavy (non-hydrogen) atoms. The number of hydrogen-bond donors (Lipinski definition) is 2. The van der Waals surface area contributed by atoms with Crippen LogP contribution in [0.15, 0.2) is 202 Å². The lowest BCUT2D eigenvalue weighted by Gasteiger charge is -2.31. The molecule has 20 heteroatoms. The Morgan fingerprint density at radius 1 is 0.479 bits per heavy atom. The molecule has 0 unspecified atom stereocenters. The number of fused-ring (bicyclic) bond motifs is 4. The van der Waals surface area contributed by atoms with E-state index in [4.69, 9.17) is 24.7 Å². The van der Waals surface area contributed by atoms with Crippen molar-refractivity contribution in [1.82, 2.24) is 34.7 Å². The van der Waals surface area contributed by atoms with Crippen LogP contribution in [0.25, 0.3) is 101 Å². The van der Waals surface area contributed by atoms with Gasteiger partial charge in [0.05, 0.1) is 28.1 Å². The number of alkyl halides is 4. The molecular formula is C76H65F4N9O7. The van der Waals surface area contributed by atoms with Crippen LogP contribution in [0.4, 0.5) is 29.2 Å².